The van der Waals surface area contributed by atoms with Crippen molar-refractivity contribution >= 4 is 0 Å². The molecule has 0 radical (unpaired) electrons. The summed E-state index contributed by atoms with van der Waals surface area (Å²) >= 11 is 0. The summed E-state index contributed by atoms with van der Waals surface area (Å²) in [6, 6.07) is 6.63. The first kappa shape index (κ1) is 15.0. The van der Waals surface area contributed by atoms with Crippen molar-refractivity contribution in [3.63, 3.8) is 0 Å². The van der Waals surface area contributed by atoms with Gasteiger partial charge in [-0.25, -0.2) is 0 Å². The molecule has 1 aromatic carbocycles. The first-order valence-electron chi connectivity index (χ1n) is 6.60. The largest absolute Gasteiger partial charge is 0.493 e. The highest BCUT2D eigenvalue weighted by Gasteiger charge is 2.09. The summed E-state index contributed by atoms with van der Waals surface area (Å²) in [5.74, 6) is 0.971. The Morgan fingerprint density at radius 2 is 1.83 bits per heavy atom. The molecule has 0 saturated heterocycles. The van der Waals surface area contributed by atoms with Crippen LogP contribution in [0.4, 0.5) is 0 Å². The van der Waals surface area contributed by atoms with E-state index in [1.54, 1.807) is 0 Å². The summed E-state index contributed by atoms with van der Waals surface area (Å²) < 4.78 is 5.83. The standard InChI is InChI=1S/C15H25NO2/c1-11(2)16-14(10-17)8-9-18-15-12(3)6-5-7-13(15)4/h5-7,11,14,16-17H,8-10H2,1-4H3. The van der Waals surface area contributed by atoms with Gasteiger partial charge in [-0.05, 0) is 31.4 Å². The van der Waals surface area contributed by atoms with Crippen molar-refractivity contribution in [1.29, 1.82) is 0 Å². The van der Waals surface area contributed by atoms with Crippen LogP contribution < -0.4 is 10.1 Å². The van der Waals surface area contributed by atoms with Gasteiger partial charge in [0.15, 0.2) is 0 Å². The Morgan fingerprint density at radius 3 is 2.33 bits per heavy atom. The molecule has 0 spiro atoms. The van der Waals surface area contributed by atoms with Crippen molar-refractivity contribution in [2.75, 3.05) is 13.2 Å². The fourth-order valence-corrected chi connectivity index (χ4v) is 2.03. The molecule has 18 heavy (non-hydrogen) atoms. The van der Waals surface area contributed by atoms with Crippen LogP contribution in [0.15, 0.2) is 18.2 Å². The fraction of sp³-hybridized carbons (Fsp3) is 0.600. The number of aliphatic hydroxyl groups excluding tert-OH is 1. The lowest BCUT2D eigenvalue weighted by molar-refractivity contribution is 0.202. The maximum atomic E-state index is 9.26. The Balaban J connectivity index is 2.45. The maximum Gasteiger partial charge on any atom is 0.125 e. The van der Waals surface area contributed by atoms with E-state index in [0.29, 0.717) is 12.6 Å². The van der Waals surface area contributed by atoms with Crippen LogP contribution in [0.25, 0.3) is 0 Å². The van der Waals surface area contributed by atoms with Crippen LogP contribution in [-0.4, -0.2) is 30.4 Å². The molecule has 0 aliphatic heterocycles. The third-order valence-corrected chi connectivity index (χ3v) is 2.91. The number of aryl methyl sites for hydroxylation is 2. The van der Waals surface area contributed by atoms with Crippen LogP contribution in [0.2, 0.25) is 0 Å². The number of rotatable bonds is 7. The fourth-order valence-electron chi connectivity index (χ4n) is 2.03. The smallest absolute Gasteiger partial charge is 0.125 e. The molecule has 3 nitrogen and oxygen atoms in total. The number of hydrogen-bond acceptors (Lipinski definition) is 3. The summed E-state index contributed by atoms with van der Waals surface area (Å²) in [4.78, 5) is 0. The average molecular weight is 251 g/mol. The highest BCUT2D eigenvalue weighted by atomic mass is 16.5. The third-order valence-electron chi connectivity index (χ3n) is 2.91. The highest BCUT2D eigenvalue weighted by Crippen LogP contribution is 2.22. The van der Waals surface area contributed by atoms with Crippen LogP contribution in [0, 0.1) is 13.8 Å². The normalized spacial score (nSPS) is 12.8. The Morgan fingerprint density at radius 1 is 1.22 bits per heavy atom. The second-order valence-electron chi connectivity index (χ2n) is 5.06. The molecule has 1 aromatic rings. The zero-order chi connectivity index (χ0) is 13.5. The molecule has 3 heteroatoms. The van der Waals surface area contributed by atoms with Crippen LogP contribution in [0.1, 0.15) is 31.4 Å². The third kappa shape index (κ3) is 4.67. The quantitative estimate of drug-likeness (QED) is 0.782. The van der Waals surface area contributed by atoms with E-state index >= 15 is 0 Å². The number of benzene rings is 1. The van der Waals surface area contributed by atoms with Gasteiger partial charge in [0.1, 0.15) is 5.75 Å². The number of ether oxygens (including phenoxy) is 1. The number of aliphatic hydroxyl groups is 1. The summed E-state index contributed by atoms with van der Waals surface area (Å²) in [5, 5.41) is 12.6. The zero-order valence-electron chi connectivity index (χ0n) is 11.9. The molecule has 2 N–H and O–H groups in total. The summed E-state index contributed by atoms with van der Waals surface area (Å²) in [6.45, 7) is 9.03. The second kappa shape index (κ2) is 7.39. The molecule has 1 atom stereocenters. The van der Waals surface area contributed by atoms with E-state index < -0.39 is 0 Å². The van der Waals surface area contributed by atoms with E-state index in [0.717, 1.165) is 23.3 Å². The van der Waals surface area contributed by atoms with Gasteiger partial charge in [0.25, 0.3) is 0 Å². The lowest BCUT2D eigenvalue weighted by Crippen LogP contribution is -2.38. The van der Waals surface area contributed by atoms with Gasteiger partial charge < -0.3 is 15.2 Å². The molecule has 102 valence electrons. The molecular weight excluding hydrogens is 226 g/mol. The SMILES string of the molecule is Cc1cccc(C)c1OCCC(CO)NC(C)C. The summed E-state index contributed by atoms with van der Waals surface area (Å²) in [6.07, 6.45) is 0.808. The van der Waals surface area contributed by atoms with Crippen molar-refractivity contribution in [3.8, 4) is 5.75 Å². The molecule has 0 fully saturated rings. The monoisotopic (exact) mass is 251 g/mol. The van der Waals surface area contributed by atoms with E-state index in [1.807, 2.05) is 6.07 Å². The van der Waals surface area contributed by atoms with E-state index in [9.17, 15) is 5.11 Å². The van der Waals surface area contributed by atoms with Crippen LogP contribution in [0.5, 0.6) is 5.75 Å². The number of hydrogen-bond donors (Lipinski definition) is 2. The summed E-state index contributed by atoms with van der Waals surface area (Å²) in [5.41, 5.74) is 2.32. The van der Waals surface area contributed by atoms with Gasteiger partial charge in [-0.3, -0.25) is 0 Å². The highest BCUT2D eigenvalue weighted by molar-refractivity contribution is 5.39. The second-order valence-corrected chi connectivity index (χ2v) is 5.06. The van der Waals surface area contributed by atoms with Gasteiger partial charge in [0.05, 0.1) is 13.2 Å². The molecule has 0 heterocycles. The maximum absolute atomic E-state index is 9.26. The van der Waals surface area contributed by atoms with Crippen LogP contribution >= 0.6 is 0 Å². The van der Waals surface area contributed by atoms with Crippen molar-refractivity contribution < 1.29 is 9.84 Å². The Hall–Kier alpha value is -1.06. The summed E-state index contributed by atoms with van der Waals surface area (Å²) in [7, 11) is 0. The van der Waals surface area contributed by atoms with Crippen LogP contribution in [0.3, 0.4) is 0 Å². The molecule has 0 aromatic heterocycles. The van der Waals surface area contributed by atoms with Gasteiger partial charge >= 0.3 is 0 Å². The molecule has 0 bridgehead atoms. The van der Waals surface area contributed by atoms with E-state index in [2.05, 4.69) is 45.1 Å². The van der Waals surface area contributed by atoms with E-state index in [1.165, 1.54) is 0 Å². The minimum absolute atomic E-state index is 0.106. The van der Waals surface area contributed by atoms with Gasteiger partial charge in [0, 0.05) is 12.1 Å². The molecule has 0 aliphatic carbocycles. The molecule has 1 unspecified atom stereocenters. The van der Waals surface area contributed by atoms with Crippen molar-refractivity contribution in [2.45, 2.75) is 46.2 Å². The van der Waals surface area contributed by atoms with Crippen LogP contribution in [-0.2, 0) is 0 Å². The van der Waals surface area contributed by atoms with Gasteiger partial charge in [-0.1, -0.05) is 32.0 Å². The van der Waals surface area contributed by atoms with E-state index in [4.69, 9.17) is 4.74 Å². The van der Waals surface area contributed by atoms with Gasteiger partial charge in [-0.2, -0.15) is 0 Å². The van der Waals surface area contributed by atoms with Gasteiger partial charge in [-0.15, -0.1) is 0 Å². The van der Waals surface area contributed by atoms with Crippen molar-refractivity contribution in [3.05, 3.63) is 29.3 Å². The first-order valence-corrected chi connectivity index (χ1v) is 6.60. The van der Waals surface area contributed by atoms with Gasteiger partial charge in [0.2, 0.25) is 0 Å². The average Bonchev–Trinajstić information content (AvgIpc) is 2.31. The molecule has 0 amide bonds. The minimum atomic E-state index is 0.106. The molecule has 0 aliphatic rings. The topological polar surface area (TPSA) is 41.5 Å². The Bertz CT molecular complexity index is 343. The Labute approximate surface area is 110 Å². The predicted molar refractivity (Wildman–Crippen MR) is 75.2 cm³/mol. The van der Waals surface area contributed by atoms with Crippen molar-refractivity contribution in [2.24, 2.45) is 0 Å². The van der Waals surface area contributed by atoms with Crippen molar-refractivity contribution in [1.82, 2.24) is 5.32 Å². The lowest BCUT2D eigenvalue weighted by Gasteiger charge is -2.20. The number of nitrogens with one attached hydrogen (secondary N) is 1. The Kier molecular flexibility index (Phi) is 6.16. The lowest BCUT2D eigenvalue weighted by atomic mass is 10.1. The van der Waals surface area contributed by atoms with E-state index in [-0.39, 0.29) is 12.6 Å². The first-order chi connectivity index (χ1) is 8.54. The minimum Gasteiger partial charge on any atom is -0.493 e. The number of para-hydroxylation sites is 1. The molecular formula is C15H25NO2. The zero-order valence-corrected chi connectivity index (χ0v) is 11.9. The molecule has 1 rings (SSSR count). The predicted octanol–water partition coefficient (Wildman–Crippen LogP) is 2.43. The molecule has 0 saturated carbocycles.